The largest absolute Gasteiger partial charge is 0.479 e. The third kappa shape index (κ3) is 1.68. The number of aliphatic carboxylic acids is 1. The minimum Gasteiger partial charge on any atom is -0.479 e. The van der Waals surface area contributed by atoms with Crippen LogP contribution in [0.3, 0.4) is 0 Å². The van der Waals surface area contributed by atoms with Crippen molar-refractivity contribution in [2.75, 3.05) is 4.90 Å². The van der Waals surface area contributed by atoms with Crippen molar-refractivity contribution in [2.45, 2.75) is 6.04 Å². The Balaban J connectivity index is 2.04. The lowest BCUT2D eigenvalue weighted by Crippen LogP contribution is -2.37. The van der Waals surface area contributed by atoms with Crippen molar-refractivity contribution < 1.29 is 9.90 Å². The number of hydrogen-bond donors (Lipinski definition) is 2. The number of nitrogens with one attached hydrogen (secondary N) is 1. The Bertz CT molecular complexity index is 655. The molecule has 0 spiro atoms. The van der Waals surface area contributed by atoms with Gasteiger partial charge in [-0.3, -0.25) is 0 Å². The van der Waals surface area contributed by atoms with Crippen LogP contribution >= 0.6 is 0 Å². The van der Waals surface area contributed by atoms with Gasteiger partial charge in [0.05, 0.1) is 0 Å². The normalized spacial score (nSPS) is 18.4. The van der Waals surface area contributed by atoms with Crippen LogP contribution in [0.25, 0.3) is 10.9 Å². The van der Waals surface area contributed by atoms with E-state index in [9.17, 15) is 9.90 Å². The molecule has 2 heterocycles. The van der Waals surface area contributed by atoms with Crippen molar-refractivity contribution in [3.8, 4) is 0 Å². The summed E-state index contributed by atoms with van der Waals surface area (Å²) in [5.74, 6) is -0.859. The summed E-state index contributed by atoms with van der Waals surface area (Å²) < 4.78 is 0. The predicted octanol–water partition coefficient (Wildman–Crippen LogP) is 2.51. The van der Waals surface area contributed by atoms with Gasteiger partial charge in [0.2, 0.25) is 0 Å². The summed E-state index contributed by atoms with van der Waals surface area (Å²) in [5.41, 5.74) is 1.86. The van der Waals surface area contributed by atoms with E-state index < -0.39 is 12.0 Å². The van der Waals surface area contributed by atoms with Gasteiger partial charge in [-0.15, -0.1) is 0 Å². The number of H-pyrrole nitrogens is 1. The van der Waals surface area contributed by atoms with Gasteiger partial charge in [-0.1, -0.05) is 18.2 Å². The van der Waals surface area contributed by atoms with Gasteiger partial charge < -0.3 is 15.0 Å². The van der Waals surface area contributed by atoms with E-state index in [1.165, 1.54) is 0 Å². The summed E-state index contributed by atoms with van der Waals surface area (Å²) >= 11 is 0. The highest BCUT2D eigenvalue weighted by molar-refractivity contribution is 5.86. The zero-order valence-corrected chi connectivity index (χ0v) is 9.58. The number of rotatable bonds is 2. The maximum atomic E-state index is 11.2. The molecule has 4 nitrogen and oxygen atoms in total. The van der Waals surface area contributed by atoms with Gasteiger partial charge in [-0.05, 0) is 29.7 Å². The van der Waals surface area contributed by atoms with E-state index in [0.717, 1.165) is 16.6 Å². The fourth-order valence-corrected chi connectivity index (χ4v) is 2.14. The van der Waals surface area contributed by atoms with Crippen LogP contribution in [-0.4, -0.2) is 22.1 Å². The molecule has 4 heteroatoms. The molecule has 1 aliphatic rings. The Labute approximate surface area is 104 Å². The summed E-state index contributed by atoms with van der Waals surface area (Å²) in [7, 11) is 0. The molecule has 0 saturated heterocycles. The zero-order valence-electron chi connectivity index (χ0n) is 9.58. The number of carbonyl (C=O) groups is 1. The fraction of sp³-hybridized carbons (Fsp3) is 0.0714. The Morgan fingerprint density at radius 2 is 2.17 bits per heavy atom. The van der Waals surface area contributed by atoms with Gasteiger partial charge in [0.1, 0.15) is 6.04 Å². The highest BCUT2D eigenvalue weighted by atomic mass is 16.4. The summed E-state index contributed by atoms with van der Waals surface area (Å²) in [6.45, 7) is 0. The standard InChI is InChI=1S/C14H12N2O2/c17-14(18)13-3-1-2-8-16(13)11-5-4-10-6-7-15-12(10)9-11/h1-9,13,15H,(H,17,18). The van der Waals surface area contributed by atoms with E-state index in [4.69, 9.17) is 0 Å². The first-order valence-electron chi connectivity index (χ1n) is 5.69. The van der Waals surface area contributed by atoms with Crippen LogP contribution in [0.4, 0.5) is 5.69 Å². The lowest BCUT2D eigenvalue weighted by Gasteiger charge is -2.27. The molecule has 90 valence electrons. The van der Waals surface area contributed by atoms with Crippen LogP contribution in [0.15, 0.2) is 54.9 Å². The highest BCUT2D eigenvalue weighted by Gasteiger charge is 2.23. The molecule has 0 saturated carbocycles. The molecular weight excluding hydrogens is 228 g/mol. The van der Waals surface area contributed by atoms with Crippen LogP contribution < -0.4 is 4.90 Å². The fourth-order valence-electron chi connectivity index (χ4n) is 2.14. The smallest absolute Gasteiger partial charge is 0.330 e. The van der Waals surface area contributed by atoms with Gasteiger partial charge in [0.15, 0.2) is 0 Å². The van der Waals surface area contributed by atoms with Crippen LogP contribution in [0.2, 0.25) is 0 Å². The number of carboxylic acids is 1. The number of aromatic nitrogens is 1. The summed E-state index contributed by atoms with van der Waals surface area (Å²) in [6, 6.07) is 7.19. The summed E-state index contributed by atoms with van der Waals surface area (Å²) in [6.07, 6.45) is 8.90. The van der Waals surface area contributed by atoms with Crippen LogP contribution in [0.1, 0.15) is 0 Å². The first-order chi connectivity index (χ1) is 8.75. The van der Waals surface area contributed by atoms with Crippen molar-refractivity contribution in [2.24, 2.45) is 0 Å². The van der Waals surface area contributed by atoms with E-state index >= 15 is 0 Å². The molecule has 1 aliphatic heterocycles. The molecule has 0 amide bonds. The molecule has 1 aromatic heterocycles. The topological polar surface area (TPSA) is 56.3 Å². The second-order valence-electron chi connectivity index (χ2n) is 4.17. The van der Waals surface area contributed by atoms with Crippen LogP contribution in [0.5, 0.6) is 0 Å². The van der Waals surface area contributed by atoms with Crippen molar-refractivity contribution >= 4 is 22.6 Å². The van der Waals surface area contributed by atoms with E-state index in [1.54, 1.807) is 23.3 Å². The number of fused-ring (bicyclic) bond motifs is 1. The minimum absolute atomic E-state index is 0.651. The number of aromatic amines is 1. The second kappa shape index (κ2) is 4.07. The molecule has 1 atom stereocenters. The third-order valence-electron chi connectivity index (χ3n) is 3.04. The number of allylic oxidation sites excluding steroid dienone is 2. The van der Waals surface area contributed by atoms with E-state index in [2.05, 4.69) is 4.98 Å². The molecule has 2 aromatic rings. The lowest BCUT2D eigenvalue weighted by atomic mass is 10.1. The average Bonchev–Trinajstić information content (AvgIpc) is 2.85. The minimum atomic E-state index is -0.859. The van der Waals surface area contributed by atoms with Gasteiger partial charge in [-0.2, -0.15) is 0 Å². The average molecular weight is 240 g/mol. The number of nitrogens with zero attached hydrogens (tertiary/aromatic N) is 1. The van der Waals surface area contributed by atoms with Crippen molar-refractivity contribution in [3.63, 3.8) is 0 Å². The molecule has 2 N–H and O–H groups in total. The Morgan fingerprint density at radius 1 is 1.28 bits per heavy atom. The zero-order chi connectivity index (χ0) is 12.5. The Kier molecular flexibility index (Phi) is 2.41. The third-order valence-corrected chi connectivity index (χ3v) is 3.04. The van der Waals surface area contributed by atoms with Crippen molar-refractivity contribution in [3.05, 3.63) is 54.9 Å². The molecule has 3 rings (SSSR count). The molecule has 1 aromatic carbocycles. The monoisotopic (exact) mass is 240 g/mol. The van der Waals surface area contributed by atoms with Crippen molar-refractivity contribution in [1.82, 2.24) is 4.98 Å². The van der Waals surface area contributed by atoms with E-state index in [1.807, 2.05) is 36.5 Å². The lowest BCUT2D eigenvalue weighted by molar-refractivity contribution is -0.137. The van der Waals surface area contributed by atoms with Crippen LogP contribution in [-0.2, 0) is 4.79 Å². The maximum Gasteiger partial charge on any atom is 0.330 e. The van der Waals surface area contributed by atoms with Gasteiger partial charge >= 0.3 is 5.97 Å². The molecule has 1 unspecified atom stereocenters. The van der Waals surface area contributed by atoms with E-state index in [0.29, 0.717) is 0 Å². The predicted molar refractivity (Wildman–Crippen MR) is 70.5 cm³/mol. The maximum absolute atomic E-state index is 11.2. The van der Waals surface area contributed by atoms with Crippen LogP contribution in [0, 0.1) is 0 Å². The quantitative estimate of drug-likeness (QED) is 0.848. The molecular formula is C14H12N2O2. The first-order valence-corrected chi connectivity index (χ1v) is 5.69. The van der Waals surface area contributed by atoms with Gasteiger partial charge in [-0.25, -0.2) is 4.79 Å². The number of hydrogen-bond acceptors (Lipinski definition) is 2. The number of benzene rings is 1. The van der Waals surface area contributed by atoms with Gasteiger partial charge in [0.25, 0.3) is 0 Å². The molecule has 18 heavy (non-hydrogen) atoms. The van der Waals surface area contributed by atoms with E-state index in [-0.39, 0.29) is 0 Å². The Hall–Kier alpha value is -2.49. The molecule has 0 bridgehead atoms. The summed E-state index contributed by atoms with van der Waals surface area (Å²) in [4.78, 5) is 16.1. The molecule has 0 aliphatic carbocycles. The van der Waals surface area contributed by atoms with Crippen molar-refractivity contribution in [1.29, 1.82) is 0 Å². The summed E-state index contributed by atoms with van der Waals surface area (Å²) in [5, 5.41) is 10.3. The molecule has 0 fully saturated rings. The number of carboxylic acid groups (broad SMARTS) is 1. The SMILES string of the molecule is O=C(O)C1C=CC=CN1c1ccc2cc[nH]c2c1. The molecule has 0 radical (unpaired) electrons. The first kappa shape index (κ1) is 10.7. The highest BCUT2D eigenvalue weighted by Crippen LogP contribution is 2.25. The van der Waals surface area contributed by atoms with Gasteiger partial charge in [0, 0.05) is 23.6 Å². The Morgan fingerprint density at radius 3 is 3.00 bits per heavy atom. The number of anilines is 1. The second-order valence-corrected chi connectivity index (χ2v) is 4.17.